The van der Waals surface area contributed by atoms with Crippen LogP contribution in [0, 0.1) is 5.92 Å². The molecule has 1 aliphatic rings. The van der Waals surface area contributed by atoms with E-state index in [4.69, 9.17) is 9.51 Å². The highest BCUT2D eigenvalue weighted by Crippen LogP contribution is 2.29. The van der Waals surface area contributed by atoms with E-state index >= 15 is 4.39 Å². The van der Waals surface area contributed by atoms with Crippen LogP contribution < -0.4 is 10.2 Å². The van der Waals surface area contributed by atoms with E-state index in [1.807, 2.05) is 51.2 Å². The fourth-order valence-corrected chi connectivity index (χ4v) is 4.13. The number of fused-ring (bicyclic) bond motifs is 1. The smallest absolute Gasteiger partial charge is 0.292 e. The van der Waals surface area contributed by atoms with Crippen molar-refractivity contribution in [3.05, 3.63) is 42.6 Å². The summed E-state index contributed by atoms with van der Waals surface area (Å²) in [5, 5.41) is 15.1. The first-order valence-corrected chi connectivity index (χ1v) is 11.5. The number of anilines is 1. The predicted octanol–water partition coefficient (Wildman–Crippen LogP) is 2.40. The van der Waals surface area contributed by atoms with Crippen LogP contribution in [0.3, 0.4) is 0 Å². The molecule has 5 heterocycles. The first-order chi connectivity index (χ1) is 16.7. The van der Waals surface area contributed by atoms with Crippen LogP contribution in [0.4, 0.5) is 10.2 Å². The van der Waals surface area contributed by atoms with Gasteiger partial charge in [0, 0.05) is 43.2 Å². The maximum Gasteiger partial charge on any atom is 0.292 e. The molecular weight excluding hydrogens is 453 g/mol. The van der Waals surface area contributed by atoms with Gasteiger partial charge in [0.25, 0.3) is 11.7 Å². The number of rotatable bonds is 5. The fourth-order valence-electron chi connectivity index (χ4n) is 4.13. The second-order valence-electron chi connectivity index (χ2n) is 9.91. The maximum atomic E-state index is 15.2. The lowest BCUT2D eigenvalue weighted by Crippen LogP contribution is -2.46. The molecule has 11 nitrogen and oxygen atoms in total. The van der Waals surface area contributed by atoms with Gasteiger partial charge in [0.15, 0.2) is 5.82 Å². The summed E-state index contributed by atoms with van der Waals surface area (Å²) in [6.45, 7) is 6.72. The number of carbonyl (C=O) groups is 1. The molecular formula is C23H28FN9O2. The van der Waals surface area contributed by atoms with Crippen LogP contribution in [-0.4, -0.2) is 66.2 Å². The molecule has 1 aliphatic heterocycles. The molecule has 1 fully saturated rings. The SMILES string of the molecule is Cn1cc(-c2cn3nccc3c(N3CC[C@H](CNC(=O)c4noc(C(C)(C)C)n4)[C@H](F)C3)n2)cn1. The Hall–Kier alpha value is -3.83. The van der Waals surface area contributed by atoms with Gasteiger partial charge >= 0.3 is 0 Å². The molecule has 4 aromatic rings. The molecule has 4 aromatic heterocycles. The molecule has 35 heavy (non-hydrogen) atoms. The average molecular weight is 482 g/mol. The third-order valence-electron chi connectivity index (χ3n) is 6.14. The van der Waals surface area contributed by atoms with Crippen LogP contribution in [0.5, 0.6) is 0 Å². The van der Waals surface area contributed by atoms with Crippen LogP contribution in [0.2, 0.25) is 0 Å². The monoisotopic (exact) mass is 481 g/mol. The molecule has 1 saturated heterocycles. The van der Waals surface area contributed by atoms with Crippen molar-refractivity contribution in [3.8, 4) is 11.3 Å². The summed E-state index contributed by atoms with van der Waals surface area (Å²) in [6.07, 6.45) is 6.57. The summed E-state index contributed by atoms with van der Waals surface area (Å²) in [5.41, 5.74) is 2.02. The Bertz CT molecular complexity index is 1350. The van der Waals surface area contributed by atoms with Crippen molar-refractivity contribution in [2.24, 2.45) is 13.0 Å². The minimum Gasteiger partial charge on any atom is -0.352 e. The summed E-state index contributed by atoms with van der Waals surface area (Å²) < 4.78 is 23.9. The van der Waals surface area contributed by atoms with Gasteiger partial charge in [-0.25, -0.2) is 13.9 Å². The lowest BCUT2D eigenvalue weighted by molar-refractivity contribution is 0.0918. The maximum absolute atomic E-state index is 15.2. The van der Waals surface area contributed by atoms with Crippen molar-refractivity contribution in [1.29, 1.82) is 0 Å². The van der Waals surface area contributed by atoms with Gasteiger partial charge in [0.1, 0.15) is 11.7 Å². The van der Waals surface area contributed by atoms with Crippen molar-refractivity contribution in [2.75, 3.05) is 24.5 Å². The zero-order valence-electron chi connectivity index (χ0n) is 20.1. The van der Waals surface area contributed by atoms with Crippen molar-refractivity contribution in [1.82, 2.24) is 39.8 Å². The second kappa shape index (κ2) is 8.75. The second-order valence-corrected chi connectivity index (χ2v) is 9.91. The molecule has 0 aliphatic carbocycles. The van der Waals surface area contributed by atoms with Gasteiger partial charge in [-0.3, -0.25) is 9.48 Å². The number of carbonyl (C=O) groups excluding carboxylic acids is 1. The summed E-state index contributed by atoms with van der Waals surface area (Å²) >= 11 is 0. The third kappa shape index (κ3) is 4.60. The number of alkyl halides is 1. The van der Waals surface area contributed by atoms with Crippen LogP contribution in [0.15, 0.2) is 35.4 Å². The van der Waals surface area contributed by atoms with Crippen LogP contribution in [0.25, 0.3) is 16.8 Å². The van der Waals surface area contributed by atoms with E-state index in [0.29, 0.717) is 30.4 Å². The van der Waals surface area contributed by atoms with E-state index in [0.717, 1.165) is 11.1 Å². The largest absolute Gasteiger partial charge is 0.352 e. The molecule has 1 amide bonds. The molecule has 0 saturated carbocycles. The molecule has 0 spiro atoms. The molecule has 1 N–H and O–H groups in total. The van der Waals surface area contributed by atoms with Crippen molar-refractivity contribution >= 4 is 17.2 Å². The molecule has 0 bridgehead atoms. The molecule has 5 rings (SSSR count). The van der Waals surface area contributed by atoms with Gasteiger partial charge in [-0.2, -0.15) is 15.2 Å². The summed E-state index contributed by atoms with van der Waals surface area (Å²) in [4.78, 5) is 23.4. The summed E-state index contributed by atoms with van der Waals surface area (Å²) in [5.74, 6) is 0.224. The van der Waals surface area contributed by atoms with Crippen molar-refractivity contribution in [3.63, 3.8) is 0 Å². The number of nitrogens with one attached hydrogen (secondary N) is 1. The van der Waals surface area contributed by atoms with E-state index in [9.17, 15) is 4.79 Å². The van der Waals surface area contributed by atoms with Crippen molar-refractivity contribution < 1.29 is 13.7 Å². The minimum atomic E-state index is -1.15. The van der Waals surface area contributed by atoms with Crippen molar-refractivity contribution in [2.45, 2.75) is 38.8 Å². The van der Waals surface area contributed by atoms with Crippen LogP contribution >= 0.6 is 0 Å². The molecule has 2 atom stereocenters. The number of amides is 1. The fraction of sp³-hybridized carbons (Fsp3) is 0.478. The van der Waals surface area contributed by atoms with Crippen LogP contribution in [0.1, 0.15) is 43.7 Å². The number of hydrogen-bond acceptors (Lipinski definition) is 8. The minimum absolute atomic E-state index is 0.0395. The highest BCUT2D eigenvalue weighted by Gasteiger charge is 2.32. The topological polar surface area (TPSA) is 119 Å². The third-order valence-corrected chi connectivity index (χ3v) is 6.14. The standard InChI is InChI=1S/C23H28FN9O2/c1-23(2,3)22-29-19(30-35-22)21(34)25-9-14-6-8-32(12-16(14)24)20-18-5-7-26-33(18)13-17(28-20)15-10-27-31(4)11-15/h5,7,10-11,13-14,16H,6,8-9,12H2,1-4H3,(H,25,34)/t14-,16-/m1/s1. The summed E-state index contributed by atoms with van der Waals surface area (Å²) in [7, 11) is 1.84. The van der Waals surface area contributed by atoms with Gasteiger partial charge in [-0.1, -0.05) is 25.9 Å². The lowest BCUT2D eigenvalue weighted by atomic mass is 9.94. The number of piperidine rings is 1. The van der Waals surface area contributed by atoms with Crippen LogP contribution in [-0.2, 0) is 12.5 Å². The lowest BCUT2D eigenvalue weighted by Gasteiger charge is -2.35. The molecule has 0 aromatic carbocycles. The van der Waals surface area contributed by atoms with E-state index in [1.54, 1.807) is 21.6 Å². The average Bonchev–Trinajstić information content (AvgIpc) is 3.57. The van der Waals surface area contributed by atoms with Gasteiger partial charge in [-0.05, 0) is 12.5 Å². The van der Waals surface area contributed by atoms with Gasteiger partial charge < -0.3 is 14.7 Å². The molecule has 184 valence electrons. The molecule has 0 unspecified atom stereocenters. The molecule has 0 radical (unpaired) electrons. The Morgan fingerprint density at radius 3 is 2.77 bits per heavy atom. The van der Waals surface area contributed by atoms with E-state index in [2.05, 4.69) is 25.7 Å². The number of aryl methyl sites for hydroxylation is 1. The normalized spacial score (nSPS) is 18.8. The zero-order chi connectivity index (χ0) is 24.7. The highest BCUT2D eigenvalue weighted by molar-refractivity contribution is 5.90. The molecule has 12 heteroatoms. The quantitative estimate of drug-likeness (QED) is 0.462. The Balaban J connectivity index is 1.27. The highest BCUT2D eigenvalue weighted by atomic mass is 19.1. The Kier molecular flexibility index (Phi) is 5.73. The first-order valence-electron chi connectivity index (χ1n) is 11.5. The number of aromatic nitrogens is 7. The Morgan fingerprint density at radius 2 is 2.09 bits per heavy atom. The summed E-state index contributed by atoms with van der Waals surface area (Å²) in [6, 6.07) is 1.87. The zero-order valence-corrected chi connectivity index (χ0v) is 20.1. The van der Waals surface area contributed by atoms with E-state index in [1.165, 1.54) is 0 Å². The first kappa shape index (κ1) is 22.9. The number of halogens is 1. The van der Waals surface area contributed by atoms with E-state index in [-0.39, 0.29) is 30.2 Å². The Morgan fingerprint density at radius 1 is 1.26 bits per heavy atom. The van der Waals surface area contributed by atoms with Gasteiger partial charge in [0.05, 0.1) is 30.8 Å². The van der Waals surface area contributed by atoms with Gasteiger partial charge in [0.2, 0.25) is 5.89 Å². The van der Waals surface area contributed by atoms with E-state index < -0.39 is 12.1 Å². The predicted molar refractivity (Wildman–Crippen MR) is 126 cm³/mol. The number of nitrogens with zero attached hydrogens (tertiary/aromatic N) is 8. The van der Waals surface area contributed by atoms with Gasteiger partial charge in [-0.15, -0.1) is 0 Å². The number of hydrogen-bond donors (Lipinski definition) is 1. The Labute approximate surface area is 201 Å².